The molecule has 1 aliphatic heterocycles. The number of carbonyl (C=O) groups is 1. The van der Waals surface area contributed by atoms with Crippen molar-refractivity contribution in [1.82, 2.24) is 4.90 Å². The number of hydrogen-bond acceptors (Lipinski definition) is 2. The zero-order valence-electron chi connectivity index (χ0n) is 5.83. The van der Waals surface area contributed by atoms with Crippen LogP contribution in [0, 0.1) is 12.3 Å². The number of hydrogen-bond donors (Lipinski definition) is 0. The Bertz CT molecular complexity index is 183. The minimum Gasteiger partial charge on any atom is -0.447 e. The van der Waals surface area contributed by atoms with Crippen molar-refractivity contribution < 1.29 is 9.53 Å². The third-order valence-corrected chi connectivity index (χ3v) is 1.50. The van der Waals surface area contributed by atoms with E-state index in [0.29, 0.717) is 13.2 Å². The number of terminal acetylenes is 1. The molecule has 0 aromatic heterocycles. The molecule has 0 bridgehead atoms. The first-order valence-electron chi connectivity index (χ1n) is 3.15. The van der Waals surface area contributed by atoms with Crippen LogP contribution in [0.3, 0.4) is 0 Å². The molecule has 1 saturated heterocycles. The van der Waals surface area contributed by atoms with Crippen molar-refractivity contribution in [2.24, 2.45) is 0 Å². The van der Waals surface area contributed by atoms with Crippen LogP contribution in [-0.4, -0.2) is 30.2 Å². The Morgan fingerprint density at radius 1 is 1.90 bits per heavy atom. The lowest BCUT2D eigenvalue weighted by molar-refractivity contribution is 0.155. The molecule has 0 radical (unpaired) electrons. The molecule has 1 aliphatic rings. The lowest BCUT2D eigenvalue weighted by Crippen LogP contribution is -2.32. The molecule has 1 heterocycles. The lowest BCUT2D eigenvalue weighted by atomic mass is 10.3. The Morgan fingerprint density at radius 3 is 3.00 bits per heavy atom. The summed E-state index contributed by atoms with van der Waals surface area (Å²) in [5, 5.41) is 0. The number of rotatable bonds is 1. The summed E-state index contributed by atoms with van der Waals surface area (Å²) in [6.07, 6.45) is 4.81. The van der Waals surface area contributed by atoms with Crippen LogP contribution < -0.4 is 0 Å². The molecule has 10 heavy (non-hydrogen) atoms. The van der Waals surface area contributed by atoms with E-state index >= 15 is 0 Å². The van der Waals surface area contributed by atoms with Gasteiger partial charge in [0.2, 0.25) is 0 Å². The third-order valence-electron chi connectivity index (χ3n) is 1.50. The summed E-state index contributed by atoms with van der Waals surface area (Å²) >= 11 is 0. The normalized spacial score (nSPS) is 20.0. The van der Waals surface area contributed by atoms with Crippen molar-refractivity contribution in [3.8, 4) is 12.3 Å². The summed E-state index contributed by atoms with van der Waals surface area (Å²) in [6, 6.07) is -0.144. The van der Waals surface area contributed by atoms with Crippen molar-refractivity contribution in [2.75, 3.05) is 13.2 Å². The highest BCUT2D eigenvalue weighted by molar-refractivity contribution is 5.70. The monoisotopic (exact) mass is 139 g/mol. The second kappa shape index (κ2) is 2.61. The first kappa shape index (κ1) is 6.94. The van der Waals surface area contributed by atoms with E-state index in [2.05, 4.69) is 10.7 Å². The average molecular weight is 139 g/mol. The molecule has 1 rings (SSSR count). The first-order valence-corrected chi connectivity index (χ1v) is 3.15. The van der Waals surface area contributed by atoms with Gasteiger partial charge in [-0.05, 0) is 6.92 Å². The zero-order valence-corrected chi connectivity index (χ0v) is 5.83. The largest absolute Gasteiger partial charge is 0.447 e. The topological polar surface area (TPSA) is 29.5 Å². The third kappa shape index (κ3) is 1.06. The van der Waals surface area contributed by atoms with Crippen molar-refractivity contribution in [1.29, 1.82) is 0 Å². The van der Waals surface area contributed by atoms with E-state index < -0.39 is 0 Å². The van der Waals surface area contributed by atoms with Gasteiger partial charge in [0.25, 0.3) is 0 Å². The fourth-order valence-corrected chi connectivity index (χ4v) is 0.847. The fourth-order valence-electron chi connectivity index (χ4n) is 0.847. The quantitative estimate of drug-likeness (QED) is 0.494. The number of cyclic esters (lactones) is 1. The SMILES string of the molecule is C#C[C@@H](C)N1CCOC1=O. The van der Waals surface area contributed by atoms with E-state index in [1.807, 2.05) is 0 Å². The van der Waals surface area contributed by atoms with E-state index in [9.17, 15) is 4.79 Å². The molecule has 1 amide bonds. The molecule has 0 aliphatic carbocycles. The van der Waals surface area contributed by atoms with Gasteiger partial charge in [-0.15, -0.1) is 6.42 Å². The van der Waals surface area contributed by atoms with Gasteiger partial charge in [0.1, 0.15) is 6.61 Å². The summed E-state index contributed by atoms with van der Waals surface area (Å²) in [5.41, 5.74) is 0. The summed E-state index contributed by atoms with van der Waals surface area (Å²) in [7, 11) is 0. The second-order valence-electron chi connectivity index (χ2n) is 2.15. The van der Waals surface area contributed by atoms with Crippen LogP contribution in [0.15, 0.2) is 0 Å². The Morgan fingerprint density at radius 2 is 2.60 bits per heavy atom. The van der Waals surface area contributed by atoms with Crippen LogP contribution in [0.4, 0.5) is 4.79 Å². The van der Waals surface area contributed by atoms with Crippen LogP contribution in [0.1, 0.15) is 6.92 Å². The van der Waals surface area contributed by atoms with Crippen molar-refractivity contribution in [3.05, 3.63) is 0 Å². The van der Waals surface area contributed by atoms with Crippen LogP contribution in [0.2, 0.25) is 0 Å². The number of ether oxygens (including phenoxy) is 1. The number of nitrogens with zero attached hydrogens (tertiary/aromatic N) is 1. The fraction of sp³-hybridized carbons (Fsp3) is 0.571. The first-order chi connectivity index (χ1) is 4.75. The van der Waals surface area contributed by atoms with Gasteiger partial charge in [-0.1, -0.05) is 5.92 Å². The Labute approximate surface area is 60.0 Å². The Hall–Kier alpha value is -1.17. The van der Waals surface area contributed by atoms with Gasteiger partial charge >= 0.3 is 6.09 Å². The van der Waals surface area contributed by atoms with E-state index in [0.717, 1.165) is 0 Å². The zero-order chi connectivity index (χ0) is 7.56. The van der Waals surface area contributed by atoms with Crippen molar-refractivity contribution in [2.45, 2.75) is 13.0 Å². The Balaban J connectivity index is 2.57. The van der Waals surface area contributed by atoms with Crippen LogP contribution in [0.5, 0.6) is 0 Å². The van der Waals surface area contributed by atoms with Crippen molar-refractivity contribution in [3.63, 3.8) is 0 Å². The van der Waals surface area contributed by atoms with Gasteiger partial charge in [0, 0.05) is 0 Å². The lowest BCUT2D eigenvalue weighted by Gasteiger charge is -2.15. The molecule has 0 spiro atoms. The van der Waals surface area contributed by atoms with Crippen molar-refractivity contribution >= 4 is 6.09 Å². The van der Waals surface area contributed by atoms with Gasteiger partial charge in [0.05, 0.1) is 12.6 Å². The highest BCUT2D eigenvalue weighted by Gasteiger charge is 2.25. The molecule has 3 nitrogen and oxygen atoms in total. The molecule has 0 N–H and O–H groups in total. The van der Waals surface area contributed by atoms with Gasteiger partial charge in [0.15, 0.2) is 0 Å². The number of amides is 1. The molecule has 0 saturated carbocycles. The average Bonchev–Trinajstić information content (AvgIpc) is 2.34. The van der Waals surface area contributed by atoms with E-state index in [-0.39, 0.29) is 12.1 Å². The maximum Gasteiger partial charge on any atom is 0.410 e. The molecule has 0 aromatic carbocycles. The molecule has 3 heteroatoms. The van der Waals surface area contributed by atoms with E-state index in [1.54, 1.807) is 6.92 Å². The Kier molecular flexibility index (Phi) is 1.81. The molecule has 1 fully saturated rings. The maximum atomic E-state index is 10.8. The number of carbonyl (C=O) groups excluding carboxylic acids is 1. The summed E-state index contributed by atoms with van der Waals surface area (Å²) in [6.45, 7) is 2.88. The van der Waals surface area contributed by atoms with Gasteiger partial charge < -0.3 is 4.74 Å². The molecule has 54 valence electrons. The predicted octanol–water partition coefficient (Wildman–Crippen LogP) is 0.460. The summed E-state index contributed by atoms with van der Waals surface area (Å²) < 4.78 is 4.68. The minimum atomic E-state index is -0.301. The maximum absolute atomic E-state index is 10.8. The molecular weight excluding hydrogens is 130 g/mol. The predicted molar refractivity (Wildman–Crippen MR) is 36.3 cm³/mol. The highest BCUT2D eigenvalue weighted by atomic mass is 16.6. The van der Waals surface area contributed by atoms with Gasteiger partial charge in [-0.2, -0.15) is 0 Å². The van der Waals surface area contributed by atoms with Crippen LogP contribution in [0.25, 0.3) is 0 Å². The summed E-state index contributed by atoms with van der Waals surface area (Å²) in [5.74, 6) is 2.46. The summed E-state index contributed by atoms with van der Waals surface area (Å²) in [4.78, 5) is 12.3. The molecular formula is C7H9NO2. The molecule has 0 aromatic rings. The molecule has 1 atom stereocenters. The van der Waals surface area contributed by atoms with Gasteiger partial charge in [-0.3, -0.25) is 4.90 Å². The highest BCUT2D eigenvalue weighted by Crippen LogP contribution is 2.06. The standard InChI is InChI=1S/C7H9NO2/c1-3-6(2)8-4-5-10-7(8)9/h1,6H,4-5H2,2H3/t6-/m1/s1. The minimum absolute atomic E-state index is 0.144. The second-order valence-corrected chi connectivity index (χ2v) is 2.15. The van der Waals surface area contributed by atoms with E-state index in [1.165, 1.54) is 4.90 Å². The van der Waals surface area contributed by atoms with Crippen LogP contribution >= 0.6 is 0 Å². The van der Waals surface area contributed by atoms with Gasteiger partial charge in [-0.25, -0.2) is 4.79 Å². The molecule has 0 unspecified atom stereocenters. The van der Waals surface area contributed by atoms with Crippen LogP contribution in [-0.2, 0) is 4.74 Å². The smallest absolute Gasteiger partial charge is 0.410 e. The van der Waals surface area contributed by atoms with E-state index in [4.69, 9.17) is 6.42 Å².